The summed E-state index contributed by atoms with van der Waals surface area (Å²) in [6.07, 6.45) is 0. The molecule has 10 heteroatoms. The van der Waals surface area contributed by atoms with E-state index in [0.29, 0.717) is 11.5 Å². The first-order chi connectivity index (χ1) is 13.5. The molecule has 1 heterocycles. The first kappa shape index (κ1) is 19.4. The highest BCUT2D eigenvalue weighted by Gasteiger charge is 2.14. The van der Waals surface area contributed by atoms with E-state index in [2.05, 4.69) is 10.2 Å². The zero-order valence-electron chi connectivity index (χ0n) is 14.7. The van der Waals surface area contributed by atoms with Crippen molar-refractivity contribution in [1.29, 1.82) is 0 Å². The minimum absolute atomic E-state index is 0.0134. The van der Waals surface area contributed by atoms with Gasteiger partial charge in [-0.1, -0.05) is 30.0 Å². The molecule has 0 radical (unpaired) electrons. The zero-order valence-corrected chi connectivity index (χ0v) is 15.5. The van der Waals surface area contributed by atoms with Crippen LogP contribution in [-0.4, -0.2) is 33.8 Å². The van der Waals surface area contributed by atoms with E-state index in [1.807, 2.05) is 0 Å². The van der Waals surface area contributed by atoms with Gasteiger partial charge in [-0.3, -0.25) is 14.9 Å². The van der Waals surface area contributed by atoms with Gasteiger partial charge in [-0.25, -0.2) is 0 Å². The number of ether oxygens (including phenoxy) is 2. The second-order valence-corrected chi connectivity index (χ2v) is 6.38. The van der Waals surface area contributed by atoms with Crippen LogP contribution in [0.2, 0.25) is 0 Å². The minimum Gasteiger partial charge on any atom is -0.497 e. The summed E-state index contributed by atoms with van der Waals surface area (Å²) in [5, 5.41) is 18.7. The monoisotopic (exact) mass is 401 g/mol. The number of Topliss-reactive ketones (excluding diaryl/α,β-unsaturated/α-hetero) is 1. The number of aromatic nitrogens is 2. The summed E-state index contributed by atoms with van der Waals surface area (Å²) in [5.41, 5.74) is 0.119. The molecule has 2 aromatic carbocycles. The lowest BCUT2D eigenvalue weighted by Gasteiger charge is -2.05. The number of nitro groups is 1. The third-order valence-corrected chi connectivity index (χ3v) is 4.38. The van der Waals surface area contributed by atoms with Crippen LogP contribution >= 0.6 is 11.8 Å². The lowest BCUT2D eigenvalue weighted by atomic mass is 10.1. The number of thioether (sulfide) groups is 1. The number of carbonyl (C=O) groups excluding carboxylic acids is 1. The van der Waals surface area contributed by atoms with Crippen LogP contribution in [0.5, 0.6) is 11.5 Å². The molecular weight excluding hydrogens is 386 g/mol. The number of nitrogens with zero attached hydrogens (tertiary/aromatic N) is 3. The van der Waals surface area contributed by atoms with Gasteiger partial charge in [-0.05, 0) is 12.1 Å². The number of non-ortho nitro benzene ring substituents is 1. The molecule has 0 unspecified atom stereocenters. The second kappa shape index (κ2) is 9.00. The van der Waals surface area contributed by atoms with Gasteiger partial charge in [0.15, 0.2) is 12.4 Å². The zero-order chi connectivity index (χ0) is 19.9. The Kier molecular flexibility index (Phi) is 6.22. The van der Waals surface area contributed by atoms with Crippen molar-refractivity contribution < 1.29 is 23.6 Å². The molecule has 0 N–H and O–H groups in total. The Hall–Kier alpha value is -3.40. The van der Waals surface area contributed by atoms with Crippen LogP contribution in [0.1, 0.15) is 16.2 Å². The quantitative estimate of drug-likeness (QED) is 0.229. The molecule has 3 aromatic rings. The van der Waals surface area contributed by atoms with Gasteiger partial charge in [-0.2, -0.15) is 0 Å². The topological polar surface area (TPSA) is 118 Å². The van der Waals surface area contributed by atoms with Crippen molar-refractivity contribution in [3.05, 3.63) is 70.1 Å². The van der Waals surface area contributed by atoms with Gasteiger partial charge in [0, 0.05) is 23.8 Å². The third-order valence-electron chi connectivity index (χ3n) is 3.56. The molecule has 0 aliphatic carbocycles. The highest BCUT2D eigenvalue weighted by atomic mass is 32.2. The number of methoxy groups -OCH3 is 1. The molecular formula is C18H15N3O6S. The SMILES string of the molecule is COc1cccc(OCc2nnc(SCC(=O)c3cccc([N+](=O)[O-])c3)o2)c1. The van der Waals surface area contributed by atoms with Crippen molar-refractivity contribution in [3.8, 4) is 11.5 Å². The van der Waals surface area contributed by atoms with E-state index >= 15 is 0 Å². The summed E-state index contributed by atoms with van der Waals surface area (Å²) >= 11 is 1.05. The number of carbonyl (C=O) groups is 1. The molecule has 0 atom stereocenters. The molecule has 0 saturated heterocycles. The van der Waals surface area contributed by atoms with Crippen molar-refractivity contribution in [2.75, 3.05) is 12.9 Å². The summed E-state index contributed by atoms with van der Waals surface area (Å²) in [4.78, 5) is 22.5. The molecule has 0 saturated carbocycles. The maximum absolute atomic E-state index is 12.2. The van der Waals surface area contributed by atoms with Crippen molar-refractivity contribution in [3.63, 3.8) is 0 Å². The normalized spacial score (nSPS) is 10.5. The maximum atomic E-state index is 12.2. The van der Waals surface area contributed by atoms with Gasteiger partial charge in [0.05, 0.1) is 17.8 Å². The number of ketones is 1. The molecule has 0 fully saturated rings. The first-order valence-corrected chi connectivity index (χ1v) is 9.03. The van der Waals surface area contributed by atoms with Gasteiger partial charge in [0.2, 0.25) is 0 Å². The summed E-state index contributed by atoms with van der Waals surface area (Å²) in [7, 11) is 1.57. The van der Waals surface area contributed by atoms with Crippen molar-refractivity contribution in [2.45, 2.75) is 11.8 Å². The van der Waals surface area contributed by atoms with Crippen LogP contribution < -0.4 is 9.47 Å². The highest BCUT2D eigenvalue weighted by Crippen LogP contribution is 2.22. The fraction of sp³-hybridized carbons (Fsp3) is 0.167. The molecule has 28 heavy (non-hydrogen) atoms. The Bertz CT molecular complexity index is 991. The molecule has 0 amide bonds. The Morgan fingerprint density at radius 1 is 1.18 bits per heavy atom. The Balaban J connectivity index is 1.53. The highest BCUT2D eigenvalue weighted by molar-refractivity contribution is 7.99. The van der Waals surface area contributed by atoms with E-state index in [0.717, 1.165) is 11.8 Å². The maximum Gasteiger partial charge on any atom is 0.277 e. The van der Waals surface area contributed by atoms with Crippen LogP contribution in [0.3, 0.4) is 0 Å². The molecule has 144 valence electrons. The van der Waals surface area contributed by atoms with Crippen molar-refractivity contribution in [2.24, 2.45) is 0 Å². The van der Waals surface area contributed by atoms with E-state index in [1.165, 1.54) is 24.3 Å². The first-order valence-electron chi connectivity index (χ1n) is 8.05. The standard InChI is InChI=1S/C18H15N3O6S/c1-25-14-6-3-7-15(9-14)26-10-17-19-20-18(27-17)28-11-16(22)12-4-2-5-13(8-12)21(23)24/h2-9H,10-11H2,1H3. The van der Waals surface area contributed by atoms with Gasteiger partial charge in [-0.15, -0.1) is 10.2 Å². The van der Waals surface area contributed by atoms with E-state index in [-0.39, 0.29) is 40.5 Å². The van der Waals surface area contributed by atoms with Crippen LogP contribution in [0.25, 0.3) is 0 Å². The van der Waals surface area contributed by atoms with Crippen LogP contribution in [0.15, 0.2) is 58.2 Å². The molecule has 0 aliphatic rings. The predicted octanol–water partition coefficient (Wildman–Crippen LogP) is 3.54. The minimum atomic E-state index is -0.545. The lowest BCUT2D eigenvalue weighted by Crippen LogP contribution is -2.03. The fourth-order valence-electron chi connectivity index (χ4n) is 2.19. The van der Waals surface area contributed by atoms with Crippen molar-refractivity contribution in [1.82, 2.24) is 10.2 Å². The molecule has 0 spiro atoms. The molecule has 3 rings (SSSR count). The number of nitro benzene ring substituents is 1. The van der Waals surface area contributed by atoms with Crippen molar-refractivity contribution >= 4 is 23.2 Å². The summed E-state index contributed by atoms with van der Waals surface area (Å²) in [6.45, 7) is 0.0690. The van der Waals surface area contributed by atoms with Crippen LogP contribution in [-0.2, 0) is 6.61 Å². The summed E-state index contributed by atoms with van der Waals surface area (Å²) in [5.74, 6) is 1.25. The molecule has 1 aromatic heterocycles. The number of hydrogen-bond donors (Lipinski definition) is 0. The van der Waals surface area contributed by atoms with Gasteiger partial charge >= 0.3 is 0 Å². The third kappa shape index (κ3) is 5.07. The van der Waals surface area contributed by atoms with E-state index in [1.54, 1.807) is 31.4 Å². The average Bonchev–Trinajstić information content (AvgIpc) is 3.18. The molecule has 9 nitrogen and oxygen atoms in total. The van der Waals surface area contributed by atoms with Gasteiger partial charge < -0.3 is 13.9 Å². The van der Waals surface area contributed by atoms with E-state index < -0.39 is 4.92 Å². The molecule has 0 aliphatic heterocycles. The fourth-order valence-corrected chi connectivity index (χ4v) is 2.87. The summed E-state index contributed by atoms with van der Waals surface area (Å²) in [6, 6.07) is 12.7. The van der Waals surface area contributed by atoms with Crippen LogP contribution in [0.4, 0.5) is 5.69 Å². The smallest absolute Gasteiger partial charge is 0.277 e. The number of hydrogen-bond acceptors (Lipinski definition) is 9. The van der Waals surface area contributed by atoms with E-state index in [9.17, 15) is 14.9 Å². The van der Waals surface area contributed by atoms with E-state index in [4.69, 9.17) is 13.9 Å². The number of benzene rings is 2. The Morgan fingerprint density at radius 3 is 2.75 bits per heavy atom. The number of rotatable bonds is 9. The van der Waals surface area contributed by atoms with Crippen LogP contribution in [0, 0.1) is 10.1 Å². The largest absolute Gasteiger partial charge is 0.497 e. The summed E-state index contributed by atoms with van der Waals surface area (Å²) < 4.78 is 16.1. The predicted molar refractivity (Wildman–Crippen MR) is 99.8 cm³/mol. The Morgan fingerprint density at radius 2 is 1.96 bits per heavy atom. The van der Waals surface area contributed by atoms with Gasteiger partial charge in [0.1, 0.15) is 11.5 Å². The molecule has 0 bridgehead atoms. The lowest BCUT2D eigenvalue weighted by molar-refractivity contribution is -0.384. The average molecular weight is 401 g/mol. The second-order valence-electron chi connectivity index (χ2n) is 5.45. The Labute approximate surface area is 163 Å². The van der Waals surface area contributed by atoms with Gasteiger partial charge in [0.25, 0.3) is 16.8 Å².